The summed E-state index contributed by atoms with van der Waals surface area (Å²) in [5.41, 5.74) is 0.0994. The predicted molar refractivity (Wildman–Crippen MR) is 96.8 cm³/mol. The zero-order valence-corrected chi connectivity index (χ0v) is 13.9. The fourth-order valence-corrected chi connectivity index (χ4v) is 2.57. The standard InChI is InChI=1S/C19H16N2O5/c1-2-26-19(25)20-12-9-7-11(8-10-12)16(22)15-17(23)13-5-3-4-6-14(13)21-18(15)24/h3-10H,2H2,1H3,(H,20,25)(H2,21,23,24). The summed E-state index contributed by atoms with van der Waals surface area (Å²) in [7, 11) is 0. The number of pyridine rings is 1. The van der Waals surface area contributed by atoms with Gasteiger partial charge in [0.05, 0.1) is 12.1 Å². The van der Waals surface area contributed by atoms with E-state index in [4.69, 9.17) is 4.74 Å². The summed E-state index contributed by atoms with van der Waals surface area (Å²) >= 11 is 0. The number of rotatable bonds is 4. The number of ether oxygens (including phenoxy) is 1. The second kappa shape index (κ2) is 7.10. The maximum Gasteiger partial charge on any atom is 0.411 e. The number of aromatic hydroxyl groups is 1. The molecular weight excluding hydrogens is 336 g/mol. The number of amides is 1. The minimum atomic E-state index is -0.667. The molecule has 1 aromatic heterocycles. The van der Waals surface area contributed by atoms with Crippen molar-refractivity contribution in [2.24, 2.45) is 0 Å². The summed E-state index contributed by atoms with van der Waals surface area (Å²) in [5, 5.41) is 13.3. The van der Waals surface area contributed by atoms with Gasteiger partial charge in [0, 0.05) is 16.6 Å². The number of benzene rings is 2. The Morgan fingerprint density at radius 3 is 2.50 bits per heavy atom. The molecule has 0 atom stereocenters. The maximum atomic E-state index is 12.7. The summed E-state index contributed by atoms with van der Waals surface area (Å²) in [5.74, 6) is -0.972. The third-order valence-electron chi connectivity index (χ3n) is 3.79. The number of carbonyl (C=O) groups is 2. The Kier molecular flexibility index (Phi) is 4.70. The van der Waals surface area contributed by atoms with Gasteiger partial charge in [-0.3, -0.25) is 14.9 Å². The largest absolute Gasteiger partial charge is 0.506 e. The second-order valence-electron chi connectivity index (χ2n) is 5.48. The van der Waals surface area contributed by atoms with E-state index in [-0.39, 0.29) is 23.5 Å². The topological polar surface area (TPSA) is 108 Å². The number of aromatic amines is 1. The molecule has 3 rings (SSSR count). The van der Waals surface area contributed by atoms with Gasteiger partial charge in [0.25, 0.3) is 5.56 Å². The van der Waals surface area contributed by atoms with E-state index >= 15 is 0 Å². The highest BCUT2D eigenvalue weighted by Crippen LogP contribution is 2.26. The van der Waals surface area contributed by atoms with Crippen molar-refractivity contribution in [1.82, 2.24) is 4.98 Å². The molecule has 1 amide bonds. The Hall–Kier alpha value is -3.61. The average Bonchev–Trinajstić information content (AvgIpc) is 2.62. The van der Waals surface area contributed by atoms with Gasteiger partial charge in [0.2, 0.25) is 5.78 Å². The lowest BCUT2D eigenvalue weighted by molar-refractivity contribution is 0.103. The Bertz CT molecular complexity index is 1040. The van der Waals surface area contributed by atoms with Crippen LogP contribution in [-0.4, -0.2) is 28.6 Å². The molecular formula is C19H16N2O5. The summed E-state index contributed by atoms with van der Waals surface area (Å²) in [4.78, 5) is 38.9. The van der Waals surface area contributed by atoms with Crippen LogP contribution < -0.4 is 10.9 Å². The van der Waals surface area contributed by atoms with Crippen LogP contribution in [-0.2, 0) is 4.74 Å². The van der Waals surface area contributed by atoms with Crippen LogP contribution in [0.1, 0.15) is 22.8 Å². The molecule has 0 saturated heterocycles. The molecule has 3 N–H and O–H groups in total. The van der Waals surface area contributed by atoms with Gasteiger partial charge in [-0.15, -0.1) is 0 Å². The van der Waals surface area contributed by atoms with Crippen LogP contribution in [0.15, 0.2) is 53.3 Å². The zero-order chi connectivity index (χ0) is 18.7. The van der Waals surface area contributed by atoms with Crippen LogP contribution in [0.25, 0.3) is 10.9 Å². The summed E-state index contributed by atoms with van der Waals surface area (Å²) in [6.07, 6.45) is -0.602. The molecule has 0 bridgehead atoms. The van der Waals surface area contributed by atoms with Crippen LogP contribution in [0.4, 0.5) is 10.5 Å². The normalized spacial score (nSPS) is 10.5. The Morgan fingerprint density at radius 2 is 1.81 bits per heavy atom. The quantitative estimate of drug-likeness (QED) is 0.626. The first-order chi connectivity index (χ1) is 12.5. The third kappa shape index (κ3) is 3.27. The van der Waals surface area contributed by atoms with Crippen molar-refractivity contribution >= 4 is 28.5 Å². The molecule has 1 heterocycles. The Balaban J connectivity index is 1.94. The molecule has 0 aliphatic heterocycles. The van der Waals surface area contributed by atoms with Crippen molar-refractivity contribution < 1.29 is 19.4 Å². The van der Waals surface area contributed by atoms with Gasteiger partial charge < -0.3 is 14.8 Å². The molecule has 0 aliphatic rings. The van der Waals surface area contributed by atoms with Gasteiger partial charge in [0.1, 0.15) is 11.3 Å². The lowest BCUT2D eigenvalue weighted by atomic mass is 10.0. The maximum absolute atomic E-state index is 12.7. The van der Waals surface area contributed by atoms with E-state index < -0.39 is 17.4 Å². The minimum Gasteiger partial charge on any atom is -0.506 e. The smallest absolute Gasteiger partial charge is 0.411 e. The highest BCUT2D eigenvalue weighted by atomic mass is 16.5. The van der Waals surface area contributed by atoms with Crippen molar-refractivity contribution in [3.8, 4) is 5.75 Å². The van der Waals surface area contributed by atoms with Crippen LogP contribution in [0.2, 0.25) is 0 Å². The number of para-hydroxylation sites is 1. The highest BCUT2D eigenvalue weighted by molar-refractivity contribution is 6.13. The number of aromatic nitrogens is 1. The van der Waals surface area contributed by atoms with Crippen LogP contribution in [0, 0.1) is 0 Å². The monoisotopic (exact) mass is 352 g/mol. The van der Waals surface area contributed by atoms with E-state index in [0.29, 0.717) is 16.6 Å². The van der Waals surface area contributed by atoms with Gasteiger partial charge in [-0.05, 0) is 43.3 Å². The van der Waals surface area contributed by atoms with Crippen LogP contribution in [0.5, 0.6) is 5.75 Å². The van der Waals surface area contributed by atoms with Gasteiger partial charge in [-0.1, -0.05) is 12.1 Å². The number of nitrogens with one attached hydrogen (secondary N) is 2. The van der Waals surface area contributed by atoms with E-state index in [9.17, 15) is 19.5 Å². The van der Waals surface area contributed by atoms with E-state index in [1.807, 2.05) is 0 Å². The van der Waals surface area contributed by atoms with E-state index in [0.717, 1.165) is 0 Å². The number of fused-ring (bicyclic) bond motifs is 1. The lowest BCUT2D eigenvalue weighted by Crippen LogP contribution is -2.19. The third-order valence-corrected chi connectivity index (χ3v) is 3.79. The number of ketones is 1. The molecule has 7 nitrogen and oxygen atoms in total. The van der Waals surface area contributed by atoms with Crippen LogP contribution in [0.3, 0.4) is 0 Å². The number of anilines is 1. The van der Waals surface area contributed by atoms with Crippen molar-refractivity contribution in [2.75, 3.05) is 11.9 Å². The fraction of sp³-hybridized carbons (Fsp3) is 0.105. The van der Waals surface area contributed by atoms with E-state index in [2.05, 4.69) is 10.3 Å². The van der Waals surface area contributed by atoms with Gasteiger partial charge in [0.15, 0.2) is 0 Å². The highest BCUT2D eigenvalue weighted by Gasteiger charge is 2.20. The van der Waals surface area contributed by atoms with Crippen molar-refractivity contribution in [1.29, 1.82) is 0 Å². The first-order valence-corrected chi connectivity index (χ1v) is 7.93. The van der Waals surface area contributed by atoms with Crippen molar-refractivity contribution in [3.63, 3.8) is 0 Å². The second-order valence-corrected chi connectivity index (χ2v) is 5.48. The molecule has 0 aliphatic carbocycles. The molecule has 0 spiro atoms. The number of hydrogen-bond acceptors (Lipinski definition) is 5. The average molecular weight is 352 g/mol. The zero-order valence-electron chi connectivity index (χ0n) is 13.9. The minimum absolute atomic E-state index is 0.204. The molecule has 0 radical (unpaired) electrons. The molecule has 26 heavy (non-hydrogen) atoms. The Labute approximate surface area is 148 Å². The Morgan fingerprint density at radius 1 is 1.12 bits per heavy atom. The van der Waals surface area contributed by atoms with Crippen molar-refractivity contribution in [2.45, 2.75) is 6.92 Å². The summed E-state index contributed by atoms with van der Waals surface area (Å²) < 4.78 is 4.77. The first-order valence-electron chi connectivity index (χ1n) is 7.93. The van der Waals surface area contributed by atoms with Gasteiger partial charge in [-0.25, -0.2) is 4.79 Å². The predicted octanol–water partition coefficient (Wildman–Crippen LogP) is 3.03. The molecule has 7 heteroatoms. The summed E-state index contributed by atoms with van der Waals surface area (Å²) in [6.45, 7) is 1.93. The van der Waals surface area contributed by atoms with E-state index in [1.54, 1.807) is 31.2 Å². The SMILES string of the molecule is CCOC(=O)Nc1ccc(C(=O)c2c(O)c3ccccc3[nH]c2=O)cc1. The molecule has 0 fully saturated rings. The molecule has 2 aromatic carbocycles. The number of H-pyrrole nitrogens is 1. The molecule has 132 valence electrons. The summed E-state index contributed by atoms with van der Waals surface area (Å²) in [6, 6.07) is 12.6. The van der Waals surface area contributed by atoms with E-state index in [1.165, 1.54) is 24.3 Å². The number of carbonyl (C=O) groups excluding carboxylic acids is 2. The van der Waals surface area contributed by atoms with Gasteiger partial charge in [-0.2, -0.15) is 0 Å². The van der Waals surface area contributed by atoms with Gasteiger partial charge >= 0.3 is 6.09 Å². The molecule has 0 saturated carbocycles. The number of hydrogen-bond donors (Lipinski definition) is 3. The molecule has 0 unspecified atom stereocenters. The lowest BCUT2D eigenvalue weighted by Gasteiger charge is -2.08. The fourth-order valence-electron chi connectivity index (χ4n) is 2.57. The first kappa shape index (κ1) is 17.2. The molecule has 3 aromatic rings. The van der Waals surface area contributed by atoms with Crippen molar-refractivity contribution in [3.05, 3.63) is 70.0 Å². The van der Waals surface area contributed by atoms with Crippen LogP contribution >= 0.6 is 0 Å².